The number of carbonyl (C=O) groups is 2. The maximum absolute atomic E-state index is 11.9. The highest BCUT2D eigenvalue weighted by Crippen LogP contribution is 2.30. The van der Waals surface area contributed by atoms with Crippen LogP contribution in [0.5, 0.6) is 5.75 Å². The van der Waals surface area contributed by atoms with Crippen LogP contribution in [0.2, 0.25) is 0 Å². The standard InChI is InChI=1S/C14H17NO4/c1-3-19-14(17)12-11(8-15-13(12)16)9-4-6-10(18-2)7-5-9/h4-7,11-12H,3,8H2,1-2H3,(H,15,16). The van der Waals surface area contributed by atoms with Gasteiger partial charge in [-0.2, -0.15) is 0 Å². The van der Waals surface area contributed by atoms with Gasteiger partial charge >= 0.3 is 5.97 Å². The van der Waals surface area contributed by atoms with Crippen molar-refractivity contribution >= 4 is 11.9 Å². The number of ether oxygens (including phenoxy) is 2. The van der Waals surface area contributed by atoms with E-state index >= 15 is 0 Å². The van der Waals surface area contributed by atoms with Crippen LogP contribution >= 0.6 is 0 Å². The number of esters is 1. The third-order valence-corrected chi connectivity index (χ3v) is 3.27. The number of carbonyl (C=O) groups excluding carboxylic acids is 2. The smallest absolute Gasteiger partial charge is 0.319 e. The van der Waals surface area contributed by atoms with Crippen molar-refractivity contribution in [2.24, 2.45) is 5.92 Å². The van der Waals surface area contributed by atoms with Crippen LogP contribution in [0.15, 0.2) is 24.3 Å². The molecule has 1 aliphatic rings. The van der Waals surface area contributed by atoms with Crippen molar-refractivity contribution in [3.63, 3.8) is 0 Å². The lowest BCUT2D eigenvalue weighted by molar-refractivity contribution is -0.151. The first-order valence-electron chi connectivity index (χ1n) is 6.25. The second kappa shape index (κ2) is 5.73. The Kier molecular flexibility index (Phi) is 4.04. The quantitative estimate of drug-likeness (QED) is 0.652. The minimum absolute atomic E-state index is 0.183. The fraction of sp³-hybridized carbons (Fsp3) is 0.429. The van der Waals surface area contributed by atoms with Crippen molar-refractivity contribution in [2.45, 2.75) is 12.8 Å². The van der Waals surface area contributed by atoms with Crippen LogP contribution in [-0.2, 0) is 14.3 Å². The molecular weight excluding hydrogens is 246 g/mol. The summed E-state index contributed by atoms with van der Waals surface area (Å²) in [6.45, 7) is 2.46. The molecule has 1 heterocycles. The van der Waals surface area contributed by atoms with Crippen molar-refractivity contribution in [1.29, 1.82) is 0 Å². The molecule has 5 heteroatoms. The van der Waals surface area contributed by atoms with Crippen LogP contribution in [0.4, 0.5) is 0 Å². The Hall–Kier alpha value is -2.04. The van der Waals surface area contributed by atoms with Gasteiger partial charge in [0.05, 0.1) is 13.7 Å². The lowest BCUT2D eigenvalue weighted by Crippen LogP contribution is -2.28. The molecule has 0 saturated carbocycles. The molecule has 1 saturated heterocycles. The van der Waals surface area contributed by atoms with Crippen molar-refractivity contribution in [3.05, 3.63) is 29.8 Å². The SMILES string of the molecule is CCOC(=O)C1C(=O)NCC1c1ccc(OC)cc1. The molecule has 2 atom stereocenters. The predicted octanol–water partition coefficient (Wildman–Crippen LogP) is 1.09. The normalized spacial score (nSPS) is 21.9. The molecule has 2 rings (SSSR count). The Morgan fingerprint density at radius 2 is 2.05 bits per heavy atom. The van der Waals surface area contributed by atoms with Crippen molar-refractivity contribution in [3.8, 4) is 5.75 Å². The summed E-state index contributed by atoms with van der Waals surface area (Å²) in [6, 6.07) is 7.38. The fourth-order valence-electron chi connectivity index (χ4n) is 2.29. The van der Waals surface area contributed by atoms with Gasteiger partial charge in [-0.3, -0.25) is 9.59 Å². The van der Waals surface area contributed by atoms with E-state index in [-0.39, 0.29) is 18.4 Å². The molecule has 1 aromatic carbocycles. The zero-order valence-electron chi connectivity index (χ0n) is 11.0. The van der Waals surface area contributed by atoms with Crippen molar-refractivity contribution in [1.82, 2.24) is 5.32 Å². The molecule has 19 heavy (non-hydrogen) atoms. The number of nitrogens with one attached hydrogen (secondary N) is 1. The van der Waals surface area contributed by atoms with Gasteiger partial charge in [-0.1, -0.05) is 12.1 Å². The van der Waals surface area contributed by atoms with Gasteiger partial charge in [0.2, 0.25) is 5.91 Å². The summed E-state index contributed by atoms with van der Waals surface area (Å²) in [5.74, 6) is -0.919. The summed E-state index contributed by atoms with van der Waals surface area (Å²) in [7, 11) is 1.59. The van der Waals surface area contributed by atoms with Crippen LogP contribution < -0.4 is 10.1 Å². The highest BCUT2D eigenvalue weighted by atomic mass is 16.5. The molecule has 1 aromatic rings. The van der Waals surface area contributed by atoms with Crippen LogP contribution in [0, 0.1) is 5.92 Å². The zero-order valence-corrected chi connectivity index (χ0v) is 11.0. The van der Waals surface area contributed by atoms with Gasteiger partial charge in [-0.15, -0.1) is 0 Å². The summed E-state index contributed by atoms with van der Waals surface area (Å²) < 4.78 is 10.1. The van der Waals surface area contributed by atoms with E-state index in [1.165, 1.54) is 0 Å². The molecule has 2 unspecified atom stereocenters. The van der Waals surface area contributed by atoms with Gasteiger partial charge in [0.1, 0.15) is 11.7 Å². The first-order chi connectivity index (χ1) is 9.17. The van der Waals surface area contributed by atoms with E-state index in [0.717, 1.165) is 11.3 Å². The molecule has 0 bridgehead atoms. The lowest BCUT2D eigenvalue weighted by atomic mass is 9.88. The Bertz CT molecular complexity index is 469. The topological polar surface area (TPSA) is 64.6 Å². The third kappa shape index (κ3) is 2.70. The Labute approximate surface area is 111 Å². The van der Waals surface area contributed by atoms with E-state index in [2.05, 4.69) is 5.32 Å². The van der Waals surface area contributed by atoms with Gasteiger partial charge in [-0.05, 0) is 24.6 Å². The van der Waals surface area contributed by atoms with Crippen LogP contribution in [0.25, 0.3) is 0 Å². The van der Waals surface area contributed by atoms with Gasteiger partial charge in [0.15, 0.2) is 0 Å². The van der Waals surface area contributed by atoms with E-state index < -0.39 is 11.9 Å². The maximum Gasteiger partial charge on any atom is 0.319 e. The summed E-state index contributed by atoms with van der Waals surface area (Å²) in [4.78, 5) is 23.6. The minimum atomic E-state index is -0.756. The van der Waals surface area contributed by atoms with E-state index in [1.807, 2.05) is 24.3 Å². The predicted molar refractivity (Wildman–Crippen MR) is 68.9 cm³/mol. The van der Waals surface area contributed by atoms with Gasteiger partial charge in [0, 0.05) is 12.5 Å². The van der Waals surface area contributed by atoms with Gasteiger partial charge < -0.3 is 14.8 Å². The van der Waals surface area contributed by atoms with E-state index in [9.17, 15) is 9.59 Å². The molecular formula is C14H17NO4. The Morgan fingerprint density at radius 3 is 2.63 bits per heavy atom. The van der Waals surface area contributed by atoms with Crippen LogP contribution in [0.1, 0.15) is 18.4 Å². The molecule has 5 nitrogen and oxygen atoms in total. The first-order valence-corrected chi connectivity index (χ1v) is 6.25. The molecule has 0 aromatic heterocycles. The van der Waals surface area contributed by atoms with Crippen LogP contribution in [-0.4, -0.2) is 32.1 Å². The van der Waals surface area contributed by atoms with Crippen LogP contribution in [0.3, 0.4) is 0 Å². The molecule has 1 amide bonds. The highest BCUT2D eigenvalue weighted by Gasteiger charge is 2.42. The summed E-state index contributed by atoms with van der Waals surface area (Å²) in [5, 5.41) is 2.72. The van der Waals surface area contributed by atoms with E-state index in [0.29, 0.717) is 6.54 Å². The molecule has 1 aliphatic heterocycles. The lowest BCUT2D eigenvalue weighted by Gasteiger charge is -2.16. The second-order valence-electron chi connectivity index (χ2n) is 4.35. The number of hydrogen-bond acceptors (Lipinski definition) is 4. The van der Waals surface area contributed by atoms with E-state index in [4.69, 9.17) is 9.47 Å². The van der Waals surface area contributed by atoms with Gasteiger partial charge in [-0.25, -0.2) is 0 Å². The number of amides is 1. The number of methoxy groups -OCH3 is 1. The number of benzene rings is 1. The average molecular weight is 263 g/mol. The average Bonchev–Trinajstić information content (AvgIpc) is 2.81. The molecule has 0 spiro atoms. The maximum atomic E-state index is 11.9. The molecule has 1 fully saturated rings. The molecule has 0 aliphatic carbocycles. The van der Waals surface area contributed by atoms with E-state index in [1.54, 1.807) is 14.0 Å². The zero-order chi connectivity index (χ0) is 13.8. The third-order valence-electron chi connectivity index (χ3n) is 3.27. The Balaban J connectivity index is 2.21. The minimum Gasteiger partial charge on any atom is -0.497 e. The molecule has 0 radical (unpaired) electrons. The summed E-state index contributed by atoms with van der Waals surface area (Å²) >= 11 is 0. The fourth-order valence-corrected chi connectivity index (χ4v) is 2.29. The van der Waals surface area contributed by atoms with Crippen molar-refractivity contribution < 1.29 is 19.1 Å². The number of rotatable bonds is 4. The Morgan fingerprint density at radius 1 is 1.37 bits per heavy atom. The van der Waals surface area contributed by atoms with Crippen molar-refractivity contribution in [2.75, 3.05) is 20.3 Å². The largest absolute Gasteiger partial charge is 0.497 e. The number of hydrogen-bond donors (Lipinski definition) is 1. The first kappa shape index (κ1) is 13.4. The highest BCUT2D eigenvalue weighted by molar-refractivity contribution is 6.00. The summed E-state index contributed by atoms with van der Waals surface area (Å²) in [6.07, 6.45) is 0. The summed E-state index contributed by atoms with van der Waals surface area (Å²) in [5.41, 5.74) is 0.928. The molecule has 1 N–H and O–H groups in total. The van der Waals surface area contributed by atoms with Gasteiger partial charge in [0.25, 0.3) is 0 Å². The molecule has 102 valence electrons. The second-order valence-corrected chi connectivity index (χ2v) is 4.35. The monoisotopic (exact) mass is 263 g/mol.